The quantitative estimate of drug-likeness (QED) is 0.297. The van der Waals surface area contributed by atoms with Crippen LogP contribution in [0.3, 0.4) is 0 Å². The fourth-order valence-corrected chi connectivity index (χ4v) is 2.22. The molecule has 0 bridgehead atoms. The molecule has 0 aliphatic rings. The first-order chi connectivity index (χ1) is 9.81. The monoisotopic (exact) mass is 280 g/mol. The van der Waals surface area contributed by atoms with Crippen molar-refractivity contribution in [2.45, 2.75) is 97.0 Å². The van der Waals surface area contributed by atoms with E-state index in [1.165, 1.54) is 57.8 Å². The van der Waals surface area contributed by atoms with E-state index in [2.05, 4.69) is 31.2 Å². The summed E-state index contributed by atoms with van der Waals surface area (Å²) in [5.74, 6) is 0. The topological polar surface area (TPSA) is 20.2 Å². The van der Waals surface area contributed by atoms with Gasteiger partial charge in [0.25, 0.3) is 0 Å². The second kappa shape index (κ2) is 16.5. The largest absolute Gasteiger partial charge is 0.393 e. The number of aliphatic hydroxyl groups excluding tert-OH is 1. The van der Waals surface area contributed by atoms with Gasteiger partial charge in [-0.2, -0.15) is 0 Å². The summed E-state index contributed by atoms with van der Waals surface area (Å²) in [6.45, 7) is 4.30. The molecule has 0 radical (unpaired) electrons. The Hall–Kier alpha value is -0.560. The van der Waals surface area contributed by atoms with Crippen molar-refractivity contribution >= 4 is 0 Å². The van der Waals surface area contributed by atoms with Gasteiger partial charge in [0.15, 0.2) is 0 Å². The highest BCUT2D eigenvalue weighted by Gasteiger charge is 1.98. The Morgan fingerprint density at radius 2 is 1.35 bits per heavy atom. The molecule has 0 amide bonds. The van der Waals surface area contributed by atoms with Crippen molar-refractivity contribution in [3.63, 3.8) is 0 Å². The van der Waals surface area contributed by atoms with Crippen LogP contribution in [-0.4, -0.2) is 11.2 Å². The highest BCUT2D eigenvalue weighted by molar-refractivity contribution is 4.92. The minimum atomic E-state index is -0.0704. The predicted molar refractivity (Wildman–Crippen MR) is 91.0 cm³/mol. The van der Waals surface area contributed by atoms with Crippen LogP contribution >= 0.6 is 0 Å². The summed E-state index contributed by atoms with van der Waals surface area (Å²) in [5, 5.41) is 9.43. The summed E-state index contributed by atoms with van der Waals surface area (Å²) in [7, 11) is 0. The fourth-order valence-electron chi connectivity index (χ4n) is 2.22. The Morgan fingerprint density at radius 1 is 0.750 bits per heavy atom. The Balaban J connectivity index is 3.19. The molecule has 1 N–H and O–H groups in total. The van der Waals surface area contributed by atoms with Crippen molar-refractivity contribution in [2.24, 2.45) is 0 Å². The third-order valence-electron chi connectivity index (χ3n) is 3.71. The van der Waals surface area contributed by atoms with Gasteiger partial charge in [-0.25, -0.2) is 0 Å². The molecule has 1 unspecified atom stereocenters. The van der Waals surface area contributed by atoms with Gasteiger partial charge in [-0.15, -0.1) is 0 Å². The van der Waals surface area contributed by atoms with Crippen LogP contribution in [0.25, 0.3) is 0 Å². The van der Waals surface area contributed by atoms with Gasteiger partial charge < -0.3 is 5.11 Å². The van der Waals surface area contributed by atoms with E-state index in [0.717, 1.165) is 19.3 Å². The lowest BCUT2D eigenvalue weighted by molar-refractivity contribution is 0.156. The highest BCUT2D eigenvalue weighted by atomic mass is 16.3. The van der Waals surface area contributed by atoms with Crippen molar-refractivity contribution in [3.05, 3.63) is 24.3 Å². The zero-order valence-corrected chi connectivity index (χ0v) is 13.8. The average Bonchev–Trinajstić information content (AvgIpc) is 2.47. The van der Waals surface area contributed by atoms with Gasteiger partial charge in [0.2, 0.25) is 0 Å². The molecule has 20 heavy (non-hydrogen) atoms. The molecule has 0 aliphatic carbocycles. The molecule has 1 atom stereocenters. The standard InChI is InChI=1S/C19H36O/c1-3-5-6-7-8-9-10-11-12-13-14-15-16-17-18-19(20)4-2/h8-9,11-12,19-20H,3-7,10,13-18H2,1-2H3/b9-8-,12-11-. The summed E-state index contributed by atoms with van der Waals surface area (Å²) in [5.41, 5.74) is 0. The fraction of sp³-hybridized carbons (Fsp3) is 0.789. The Bertz CT molecular complexity index is 230. The molecule has 0 aromatic heterocycles. The van der Waals surface area contributed by atoms with E-state index in [4.69, 9.17) is 0 Å². The smallest absolute Gasteiger partial charge is 0.0537 e. The molecule has 0 aromatic rings. The zero-order valence-electron chi connectivity index (χ0n) is 13.8. The van der Waals surface area contributed by atoms with Crippen LogP contribution in [0.2, 0.25) is 0 Å². The molecule has 0 fully saturated rings. The van der Waals surface area contributed by atoms with Gasteiger partial charge in [0.05, 0.1) is 6.10 Å². The summed E-state index contributed by atoms with van der Waals surface area (Å²) >= 11 is 0. The third kappa shape index (κ3) is 15.5. The first-order valence-corrected chi connectivity index (χ1v) is 8.79. The molecular formula is C19H36O. The van der Waals surface area contributed by atoms with Crippen LogP contribution in [0, 0.1) is 0 Å². The van der Waals surface area contributed by atoms with E-state index >= 15 is 0 Å². The van der Waals surface area contributed by atoms with Gasteiger partial charge in [-0.3, -0.25) is 0 Å². The Labute approximate surface area is 127 Å². The van der Waals surface area contributed by atoms with Gasteiger partial charge in [0, 0.05) is 0 Å². The summed E-state index contributed by atoms with van der Waals surface area (Å²) < 4.78 is 0. The Kier molecular flexibility index (Phi) is 16.0. The maximum Gasteiger partial charge on any atom is 0.0537 e. The summed E-state index contributed by atoms with van der Waals surface area (Å²) in [6, 6.07) is 0. The normalized spacial score (nSPS) is 13.6. The van der Waals surface area contributed by atoms with E-state index in [9.17, 15) is 5.11 Å². The Morgan fingerprint density at radius 3 is 1.95 bits per heavy atom. The van der Waals surface area contributed by atoms with Crippen LogP contribution in [0.5, 0.6) is 0 Å². The van der Waals surface area contributed by atoms with E-state index in [1.807, 2.05) is 6.92 Å². The predicted octanol–water partition coefficient (Wildman–Crippen LogP) is 6.18. The number of unbranched alkanes of at least 4 members (excludes halogenated alkanes) is 7. The molecule has 0 saturated heterocycles. The molecule has 118 valence electrons. The van der Waals surface area contributed by atoms with Crippen LogP contribution in [0.4, 0.5) is 0 Å². The molecule has 0 heterocycles. The molecule has 0 rings (SSSR count). The number of rotatable bonds is 14. The molecule has 0 aliphatic heterocycles. The van der Waals surface area contributed by atoms with E-state index < -0.39 is 0 Å². The lowest BCUT2D eigenvalue weighted by atomic mass is 10.1. The molecule has 1 nitrogen and oxygen atoms in total. The van der Waals surface area contributed by atoms with Crippen molar-refractivity contribution in [1.82, 2.24) is 0 Å². The maximum absolute atomic E-state index is 9.43. The van der Waals surface area contributed by atoms with Gasteiger partial charge in [-0.1, -0.05) is 70.3 Å². The maximum atomic E-state index is 9.43. The second-order valence-electron chi connectivity index (χ2n) is 5.73. The average molecular weight is 280 g/mol. The zero-order chi connectivity index (χ0) is 14.9. The molecular weight excluding hydrogens is 244 g/mol. The highest BCUT2D eigenvalue weighted by Crippen LogP contribution is 2.09. The summed E-state index contributed by atoms with van der Waals surface area (Å²) in [4.78, 5) is 0. The summed E-state index contributed by atoms with van der Waals surface area (Å²) in [6.07, 6.45) is 23.6. The third-order valence-corrected chi connectivity index (χ3v) is 3.71. The molecule has 0 saturated carbocycles. The first-order valence-electron chi connectivity index (χ1n) is 8.79. The van der Waals surface area contributed by atoms with Crippen molar-refractivity contribution < 1.29 is 5.11 Å². The number of aliphatic hydroxyl groups is 1. The van der Waals surface area contributed by atoms with Crippen molar-refractivity contribution in [2.75, 3.05) is 0 Å². The first kappa shape index (κ1) is 19.4. The van der Waals surface area contributed by atoms with E-state index in [0.29, 0.717) is 0 Å². The second-order valence-corrected chi connectivity index (χ2v) is 5.73. The SMILES string of the molecule is CCCCC/C=C\C/C=C\CCCCCCC(O)CC. The van der Waals surface area contributed by atoms with E-state index in [-0.39, 0.29) is 6.10 Å². The molecule has 0 spiro atoms. The van der Waals surface area contributed by atoms with Crippen LogP contribution < -0.4 is 0 Å². The minimum absolute atomic E-state index is 0.0704. The lowest BCUT2D eigenvalue weighted by Gasteiger charge is -2.06. The number of allylic oxidation sites excluding steroid dienone is 4. The lowest BCUT2D eigenvalue weighted by Crippen LogP contribution is -2.03. The minimum Gasteiger partial charge on any atom is -0.393 e. The molecule has 1 heteroatoms. The van der Waals surface area contributed by atoms with Crippen molar-refractivity contribution in [1.29, 1.82) is 0 Å². The number of hydrogen-bond acceptors (Lipinski definition) is 1. The van der Waals surface area contributed by atoms with Crippen LogP contribution in [-0.2, 0) is 0 Å². The van der Waals surface area contributed by atoms with E-state index in [1.54, 1.807) is 0 Å². The van der Waals surface area contributed by atoms with Crippen LogP contribution in [0.1, 0.15) is 90.9 Å². The number of hydrogen-bond donors (Lipinski definition) is 1. The van der Waals surface area contributed by atoms with Crippen LogP contribution in [0.15, 0.2) is 24.3 Å². The van der Waals surface area contributed by atoms with Gasteiger partial charge in [-0.05, 0) is 44.9 Å². The van der Waals surface area contributed by atoms with Gasteiger partial charge in [0.1, 0.15) is 0 Å². The molecule has 0 aromatic carbocycles. The van der Waals surface area contributed by atoms with Crippen molar-refractivity contribution in [3.8, 4) is 0 Å². The van der Waals surface area contributed by atoms with Gasteiger partial charge >= 0.3 is 0 Å².